The normalized spacial score (nSPS) is 23.9. The Bertz CT molecular complexity index is 2390. The van der Waals surface area contributed by atoms with Crippen molar-refractivity contribution >= 4 is 50.8 Å². The predicted octanol–water partition coefficient (Wildman–Crippen LogP) is 4.07. The highest BCUT2D eigenvalue weighted by atomic mass is 32.2. The Morgan fingerprint density at radius 3 is 2.40 bits per heavy atom. The summed E-state index contributed by atoms with van der Waals surface area (Å²) >= 11 is 0. The molecule has 1 aromatic heterocycles. The van der Waals surface area contributed by atoms with Crippen LogP contribution in [0.2, 0.25) is 0 Å². The van der Waals surface area contributed by atoms with E-state index in [4.69, 9.17) is 20.4 Å². The van der Waals surface area contributed by atoms with Gasteiger partial charge >= 0.3 is 0 Å². The van der Waals surface area contributed by atoms with Crippen LogP contribution < -0.4 is 25.8 Å². The number of para-hydroxylation sites is 1. The third-order valence-corrected chi connectivity index (χ3v) is 14.0. The highest BCUT2D eigenvalue weighted by Crippen LogP contribution is 2.53. The minimum absolute atomic E-state index is 0.0224. The molecule has 4 aliphatic rings. The van der Waals surface area contributed by atoms with Crippen molar-refractivity contribution in [2.24, 2.45) is 28.0 Å². The summed E-state index contributed by atoms with van der Waals surface area (Å²) in [5.74, 6) is -2.32. The Labute approximate surface area is 350 Å². The number of fused-ring (bicyclic) bond motifs is 1. The van der Waals surface area contributed by atoms with Crippen molar-refractivity contribution in [2.45, 2.75) is 94.2 Å². The number of aromatic nitrogens is 2. The molecule has 1 saturated heterocycles. The highest BCUT2D eigenvalue weighted by molar-refractivity contribution is 7.91. The molecular weight excluding hydrogens is 785 g/mol. The molecular formula is C44H52N8O7S. The van der Waals surface area contributed by atoms with Crippen molar-refractivity contribution in [1.82, 2.24) is 30.2 Å². The summed E-state index contributed by atoms with van der Waals surface area (Å²) in [7, 11) is -4.04. The number of benzene rings is 2. The van der Waals surface area contributed by atoms with E-state index in [-0.39, 0.29) is 30.8 Å². The number of carbonyl (C=O) groups excluding carboxylic acids is 4. The molecule has 1 aliphatic heterocycles. The van der Waals surface area contributed by atoms with Gasteiger partial charge in [-0.3, -0.25) is 28.9 Å². The summed E-state index contributed by atoms with van der Waals surface area (Å²) < 4.78 is 35.2. The molecule has 0 bridgehead atoms. The minimum atomic E-state index is -4.04. The fourth-order valence-corrected chi connectivity index (χ4v) is 9.63. The molecule has 16 heteroatoms. The van der Waals surface area contributed by atoms with Crippen LogP contribution in [0.5, 0.6) is 5.88 Å². The SMILES string of the molecule is C=C[C@@H]1C[C@]1(NC(=O)[C@@H]1C[C@@H](Oc2nc(-c3ccccc3)nc3ccccc23)CN1C(=O)C(NC(=O)C(=C)/C=N\C=C/N)C(C)(C)C)C(=O)NS(=O)(=O)C1(CC2CC2)CC1. The van der Waals surface area contributed by atoms with Gasteiger partial charge < -0.3 is 26.0 Å². The maximum absolute atomic E-state index is 14.8. The third-order valence-electron chi connectivity index (χ3n) is 11.8. The maximum Gasteiger partial charge on any atom is 0.259 e. The molecule has 0 spiro atoms. The molecule has 5 atom stereocenters. The van der Waals surface area contributed by atoms with E-state index in [2.05, 4.69) is 33.5 Å². The zero-order valence-corrected chi connectivity index (χ0v) is 34.9. The average Bonchev–Trinajstić information content (AvgIpc) is 4.17. The lowest BCUT2D eigenvalue weighted by molar-refractivity contribution is -0.144. The summed E-state index contributed by atoms with van der Waals surface area (Å²) in [4.78, 5) is 71.6. The Morgan fingerprint density at radius 2 is 1.77 bits per heavy atom. The first-order valence-corrected chi connectivity index (χ1v) is 21.7. The topological polar surface area (TPSA) is 215 Å². The molecule has 5 N–H and O–H groups in total. The Kier molecular flexibility index (Phi) is 11.5. The molecule has 3 aromatic rings. The molecule has 7 rings (SSSR count). The van der Waals surface area contributed by atoms with Gasteiger partial charge in [0.25, 0.3) is 11.8 Å². The van der Waals surface area contributed by atoms with Crippen LogP contribution in [-0.2, 0) is 29.2 Å². The molecule has 2 aromatic carbocycles. The smallest absolute Gasteiger partial charge is 0.259 e. The van der Waals surface area contributed by atoms with Gasteiger partial charge in [0.15, 0.2) is 5.82 Å². The lowest BCUT2D eigenvalue weighted by Gasteiger charge is -2.35. The molecule has 15 nitrogen and oxygen atoms in total. The van der Waals surface area contributed by atoms with Crippen molar-refractivity contribution < 1.29 is 32.3 Å². The average molecular weight is 837 g/mol. The van der Waals surface area contributed by atoms with Crippen LogP contribution in [0.1, 0.15) is 65.7 Å². The summed E-state index contributed by atoms with van der Waals surface area (Å²) in [6.07, 6.45) is 7.91. The standard InChI is InChI=1S/C44H52N8O7S/c1-6-30-24-44(30,41(56)51-60(57,58)43(18-19-43)23-28-16-17-28)50-38(54)34-22-31(26-52(34)40(55)35(42(3,4)5)48-37(53)27(2)25-46-21-20-45)59-39-32-14-10-11-15-33(32)47-36(49-39)29-12-8-7-9-13-29/h6-15,20-21,25,28,30-31,34-35H,1-2,16-19,22-24,26,45H2,3-5H3,(H,48,53)(H,50,54)(H,51,56)/b21-20-,46-25-/t30-,31-,34+,35?,44-/m1/s1. The highest BCUT2D eigenvalue weighted by Gasteiger charge is 2.64. The van der Waals surface area contributed by atoms with Gasteiger partial charge in [0.1, 0.15) is 23.7 Å². The summed E-state index contributed by atoms with van der Waals surface area (Å²) in [6.45, 7) is 12.8. The van der Waals surface area contributed by atoms with Gasteiger partial charge in [-0.2, -0.15) is 4.98 Å². The van der Waals surface area contributed by atoms with Crippen molar-refractivity contribution in [3.05, 3.63) is 91.8 Å². The van der Waals surface area contributed by atoms with E-state index in [1.807, 2.05) is 54.6 Å². The fraction of sp³-hybridized carbons (Fsp3) is 0.432. The van der Waals surface area contributed by atoms with Crippen molar-refractivity contribution in [1.29, 1.82) is 0 Å². The predicted molar refractivity (Wildman–Crippen MR) is 227 cm³/mol. The molecule has 4 amide bonds. The number of likely N-dealkylation sites (tertiary alicyclic amines) is 1. The Balaban J connectivity index is 1.19. The fourth-order valence-electron chi connectivity index (χ4n) is 7.89. The largest absolute Gasteiger partial charge is 0.472 e. The van der Waals surface area contributed by atoms with E-state index < -0.39 is 73.5 Å². The summed E-state index contributed by atoms with van der Waals surface area (Å²) in [5, 5.41) is 6.25. The van der Waals surface area contributed by atoms with E-state index in [9.17, 15) is 27.6 Å². The molecule has 1 unspecified atom stereocenters. The molecule has 3 aliphatic carbocycles. The Morgan fingerprint density at radius 1 is 1.07 bits per heavy atom. The number of hydrogen-bond donors (Lipinski definition) is 4. The van der Waals surface area contributed by atoms with E-state index in [0.717, 1.165) is 18.4 Å². The second-order valence-corrected chi connectivity index (χ2v) is 19.5. The first-order chi connectivity index (χ1) is 28.5. The van der Waals surface area contributed by atoms with Crippen LogP contribution in [0.3, 0.4) is 0 Å². The molecule has 60 heavy (non-hydrogen) atoms. The van der Waals surface area contributed by atoms with Crippen LogP contribution in [0, 0.1) is 17.3 Å². The van der Waals surface area contributed by atoms with Gasteiger partial charge in [0, 0.05) is 36.5 Å². The number of nitrogens with one attached hydrogen (secondary N) is 3. The Hall–Kier alpha value is -5.90. The zero-order chi connectivity index (χ0) is 43.0. The molecule has 4 fully saturated rings. The van der Waals surface area contributed by atoms with Crippen LogP contribution >= 0.6 is 0 Å². The second-order valence-electron chi connectivity index (χ2n) is 17.4. The number of ether oxygens (including phenoxy) is 1. The van der Waals surface area contributed by atoms with Crippen molar-refractivity contribution in [3.8, 4) is 17.3 Å². The van der Waals surface area contributed by atoms with E-state index in [0.29, 0.717) is 41.9 Å². The van der Waals surface area contributed by atoms with Gasteiger partial charge in [0.2, 0.25) is 27.7 Å². The molecule has 2 heterocycles. The zero-order valence-electron chi connectivity index (χ0n) is 34.1. The number of amides is 4. The van der Waals surface area contributed by atoms with Crippen LogP contribution in [0.25, 0.3) is 22.3 Å². The van der Waals surface area contributed by atoms with Crippen molar-refractivity contribution in [3.63, 3.8) is 0 Å². The number of sulfonamides is 1. The number of aliphatic imine (C=N–C) groups is 1. The first kappa shape index (κ1) is 42.2. The second kappa shape index (κ2) is 16.3. The lowest BCUT2D eigenvalue weighted by atomic mass is 9.85. The van der Waals surface area contributed by atoms with Gasteiger partial charge in [-0.05, 0) is 49.1 Å². The van der Waals surface area contributed by atoms with Crippen LogP contribution in [-0.4, -0.2) is 88.1 Å². The van der Waals surface area contributed by atoms with Crippen molar-refractivity contribution in [2.75, 3.05) is 6.54 Å². The van der Waals surface area contributed by atoms with Gasteiger partial charge in [-0.15, -0.1) is 6.58 Å². The molecule has 0 radical (unpaired) electrons. The third kappa shape index (κ3) is 8.69. The number of nitrogens with zero attached hydrogens (tertiary/aromatic N) is 4. The van der Waals surface area contributed by atoms with E-state index in [1.54, 1.807) is 20.8 Å². The van der Waals surface area contributed by atoms with Crippen LogP contribution in [0.15, 0.2) is 96.8 Å². The molecule has 316 valence electrons. The number of nitrogens with two attached hydrogens (primary N) is 1. The van der Waals surface area contributed by atoms with E-state index in [1.165, 1.54) is 29.6 Å². The maximum atomic E-state index is 14.8. The monoisotopic (exact) mass is 836 g/mol. The number of hydrogen-bond acceptors (Lipinski definition) is 11. The summed E-state index contributed by atoms with van der Waals surface area (Å²) in [5.41, 5.74) is 4.24. The quantitative estimate of drug-likeness (QED) is 0.0922. The van der Waals surface area contributed by atoms with Gasteiger partial charge in [0.05, 0.1) is 27.8 Å². The van der Waals surface area contributed by atoms with Gasteiger partial charge in [-0.25, -0.2) is 13.4 Å². The first-order valence-electron chi connectivity index (χ1n) is 20.2. The number of carbonyl (C=O) groups is 4. The van der Waals surface area contributed by atoms with Crippen LogP contribution in [0.4, 0.5) is 0 Å². The number of rotatable bonds is 16. The molecule has 3 saturated carbocycles. The summed E-state index contributed by atoms with van der Waals surface area (Å²) in [6, 6.07) is 14.4. The minimum Gasteiger partial charge on any atom is -0.472 e. The van der Waals surface area contributed by atoms with Gasteiger partial charge in [-0.1, -0.05) is 88.7 Å². The van der Waals surface area contributed by atoms with E-state index >= 15 is 0 Å². The lowest BCUT2D eigenvalue weighted by Crippen LogP contribution is -2.60.